The molecular weight excluding hydrogens is 375 g/mol. The Morgan fingerprint density at radius 3 is 2.97 bits per heavy atom. The Kier molecular flexibility index (Phi) is 4.84. The standard InChI is InChI=1S/C21H19FN4O3/c1-3-11(2)29-21(28)26-20-24-15-8-7-12(9-16(15)25-20)19-18-13(17(27)10-23-19)5-4-6-14(18)22/h4-9,11H,3,10H2,1-2H3,(H2,24,25,26,28). The number of hydrogen-bond donors (Lipinski definition) is 2. The highest BCUT2D eigenvalue weighted by Crippen LogP contribution is 2.25. The van der Waals surface area contributed by atoms with Crippen LogP contribution in [0.5, 0.6) is 0 Å². The van der Waals surface area contributed by atoms with Crippen LogP contribution in [0.2, 0.25) is 0 Å². The van der Waals surface area contributed by atoms with Gasteiger partial charge in [-0.3, -0.25) is 15.1 Å². The quantitative estimate of drug-likeness (QED) is 0.697. The predicted octanol–water partition coefficient (Wildman–Crippen LogP) is 4.08. The van der Waals surface area contributed by atoms with Crippen molar-refractivity contribution in [2.45, 2.75) is 26.4 Å². The second kappa shape index (κ2) is 7.46. The molecule has 2 heterocycles. The SMILES string of the molecule is CCC(C)OC(=O)Nc1nc2ccc(C3=NCC(=O)c4cccc(F)c43)cc2[nH]1. The number of anilines is 1. The molecule has 3 aromatic rings. The first-order valence-electron chi connectivity index (χ1n) is 9.30. The summed E-state index contributed by atoms with van der Waals surface area (Å²) in [5.41, 5.74) is 2.86. The summed E-state index contributed by atoms with van der Waals surface area (Å²) in [5, 5.41) is 2.56. The number of ketones is 1. The molecule has 1 aromatic heterocycles. The van der Waals surface area contributed by atoms with Crippen LogP contribution in [0.15, 0.2) is 41.4 Å². The number of nitrogens with one attached hydrogen (secondary N) is 2. The number of H-pyrrole nitrogens is 1. The number of carbonyl (C=O) groups excluding carboxylic acids is 2. The zero-order chi connectivity index (χ0) is 20.5. The summed E-state index contributed by atoms with van der Waals surface area (Å²) in [7, 11) is 0. The van der Waals surface area contributed by atoms with Crippen molar-refractivity contribution in [3.8, 4) is 0 Å². The minimum atomic E-state index is -0.593. The fourth-order valence-electron chi connectivity index (χ4n) is 3.16. The molecule has 1 aliphatic heterocycles. The highest BCUT2D eigenvalue weighted by atomic mass is 19.1. The molecule has 2 N–H and O–H groups in total. The van der Waals surface area contributed by atoms with Gasteiger partial charge in [0.05, 0.1) is 16.7 Å². The first kappa shape index (κ1) is 18.8. The lowest BCUT2D eigenvalue weighted by Crippen LogP contribution is -2.21. The van der Waals surface area contributed by atoms with Gasteiger partial charge in [-0.2, -0.15) is 0 Å². The second-order valence-corrected chi connectivity index (χ2v) is 6.82. The van der Waals surface area contributed by atoms with Crippen LogP contribution in [0.4, 0.5) is 15.1 Å². The molecule has 1 amide bonds. The minimum Gasteiger partial charge on any atom is -0.446 e. The Labute approximate surface area is 166 Å². The van der Waals surface area contributed by atoms with Crippen molar-refractivity contribution in [1.82, 2.24) is 9.97 Å². The number of fused-ring (bicyclic) bond motifs is 2. The number of amides is 1. The number of ether oxygens (including phenoxy) is 1. The zero-order valence-electron chi connectivity index (χ0n) is 16.0. The molecule has 0 radical (unpaired) electrons. The van der Waals surface area contributed by atoms with Crippen molar-refractivity contribution in [2.24, 2.45) is 4.99 Å². The minimum absolute atomic E-state index is 0.0267. The van der Waals surface area contributed by atoms with Crippen molar-refractivity contribution >= 4 is 34.6 Å². The Morgan fingerprint density at radius 1 is 1.34 bits per heavy atom. The van der Waals surface area contributed by atoms with E-state index >= 15 is 0 Å². The molecule has 1 unspecified atom stereocenters. The summed E-state index contributed by atoms with van der Waals surface area (Å²) in [6, 6.07) is 9.70. The van der Waals surface area contributed by atoms with Gasteiger partial charge >= 0.3 is 6.09 Å². The maximum atomic E-state index is 14.5. The summed E-state index contributed by atoms with van der Waals surface area (Å²) >= 11 is 0. The highest BCUT2D eigenvalue weighted by Gasteiger charge is 2.25. The molecule has 8 heteroatoms. The van der Waals surface area contributed by atoms with E-state index in [4.69, 9.17) is 4.74 Å². The lowest BCUT2D eigenvalue weighted by Gasteiger charge is -2.17. The number of hydrogen-bond acceptors (Lipinski definition) is 5. The van der Waals surface area contributed by atoms with Crippen LogP contribution >= 0.6 is 0 Å². The van der Waals surface area contributed by atoms with Crippen LogP contribution in [-0.2, 0) is 4.74 Å². The number of carbonyl (C=O) groups is 2. The number of Topliss-reactive ketones (excluding diaryl/α,β-unsaturated/α-hetero) is 1. The van der Waals surface area contributed by atoms with E-state index in [9.17, 15) is 14.0 Å². The summed E-state index contributed by atoms with van der Waals surface area (Å²) in [5.74, 6) is -0.455. The molecule has 0 spiro atoms. The van der Waals surface area contributed by atoms with Gasteiger partial charge in [0, 0.05) is 16.7 Å². The van der Waals surface area contributed by atoms with Gasteiger partial charge < -0.3 is 9.72 Å². The maximum absolute atomic E-state index is 14.5. The maximum Gasteiger partial charge on any atom is 0.414 e. The smallest absolute Gasteiger partial charge is 0.414 e. The molecule has 0 saturated carbocycles. The monoisotopic (exact) mass is 394 g/mol. The topological polar surface area (TPSA) is 96.4 Å². The molecule has 0 fully saturated rings. The van der Waals surface area contributed by atoms with Gasteiger partial charge in [0.1, 0.15) is 18.5 Å². The van der Waals surface area contributed by atoms with Gasteiger partial charge in [-0.15, -0.1) is 0 Å². The fraction of sp³-hybridized carbons (Fsp3) is 0.238. The van der Waals surface area contributed by atoms with E-state index in [1.165, 1.54) is 12.1 Å². The lowest BCUT2D eigenvalue weighted by atomic mass is 9.92. The number of rotatable bonds is 4. The van der Waals surface area contributed by atoms with Crippen molar-refractivity contribution in [2.75, 3.05) is 11.9 Å². The molecule has 4 rings (SSSR count). The van der Waals surface area contributed by atoms with Gasteiger partial charge in [-0.25, -0.2) is 14.2 Å². The normalized spacial score (nSPS) is 14.3. The van der Waals surface area contributed by atoms with Gasteiger partial charge in [0.15, 0.2) is 5.78 Å². The molecule has 0 saturated heterocycles. The summed E-state index contributed by atoms with van der Waals surface area (Å²) < 4.78 is 19.6. The van der Waals surface area contributed by atoms with Gasteiger partial charge in [0.25, 0.3) is 0 Å². The number of imidazole rings is 1. The van der Waals surface area contributed by atoms with E-state index in [2.05, 4.69) is 20.3 Å². The molecular formula is C21H19FN4O3. The van der Waals surface area contributed by atoms with Crippen LogP contribution in [0.25, 0.3) is 11.0 Å². The summed E-state index contributed by atoms with van der Waals surface area (Å²) in [4.78, 5) is 35.6. The second-order valence-electron chi connectivity index (χ2n) is 6.82. The first-order chi connectivity index (χ1) is 14.0. The van der Waals surface area contributed by atoms with E-state index in [0.717, 1.165) is 0 Å². The average molecular weight is 394 g/mol. The number of nitrogens with zero attached hydrogens (tertiary/aromatic N) is 2. The van der Waals surface area contributed by atoms with Crippen LogP contribution in [-0.4, -0.2) is 40.2 Å². The molecule has 29 heavy (non-hydrogen) atoms. The fourth-order valence-corrected chi connectivity index (χ4v) is 3.16. The van der Waals surface area contributed by atoms with Gasteiger partial charge in [-0.05, 0) is 31.5 Å². The van der Waals surface area contributed by atoms with E-state index in [0.29, 0.717) is 34.3 Å². The van der Waals surface area contributed by atoms with Crippen LogP contribution in [0.1, 0.15) is 41.8 Å². The molecule has 2 aromatic carbocycles. The molecule has 0 bridgehead atoms. The summed E-state index contributed by atoms with van der Waals surface area (Å²) in [6.45, 7) is 3.70. The van der Waals surface area contributed by atoms with Crippen LogP contribution < -0.4 is 5.32 Å². The third-order valence-electron chi connectivity index (χ3n) is 4.79. The number of aliphatic imine (C=N–C) groups is 1. The van der Waals surface area contributed by atoms with E-state index in [1.54, 1.807) is 31.2 Å². The van der Waals surface area contributed by atoms with E-state index < -0.39 is 11.9 Å². The predicted molar refractivity (Wildman–Crippen MR) is 107 cm³/mol. The third-order valence-corrected chi connectivity index (χ3v) is 4.79. The number of benzene rings is 2. The summed E-state index contributed by atoms with van der Waals surface area (Å²) in [6.07, 6.45) is -0.0858. The molecule has 1 aliphatic rings. The first-order valence-corrected chi connectivity index (χ1v) is 9.30. The highest BCUT2D eigenvalue weighted by molar-refractivity contribution is 6.22. The Hall–Kier alpha value is -3.55. The average Bonchev–Trinajstić information content (AvgIpc) is 3.09. The molecule has 148 valence electrons. The molecule has 0 aliphatic carbocycles. The van der Waals surface area contributed by atoms with Gasteiger partial charge in [-0.1, -0.05) is 25.1 Å². The van der Waals surface area contributed by atoms with Crippen molar-refractivity contribution in [3.05, 3.63) is 58.9 Å². The lowest BCUT2D eigenvalue weighted by molar-refractivity contribution is 0.0999. The van der Waals surface area contributed by atoms with E-state index in [1.807, 2.05) is 6.92 Å². The van der Waals surface area contributed by atoms with Crippen LogP contribution in [0, 0.1) is 5.82 Å². The van der Waals surface area contributed by atoms with Crippen molar-refractivity contribution in [1.29, 1.82) is 0 Å². The third kappa shape index (κ3) is 3.61. The van der Waals surface area contributed by atoms with Crippen molar-refractivity contribution in [3.63, 3.8) is 0 Å². The number of aromatic amines is 1. The van der Waals surface area contributed by atoms with Crippen LogP contribution in [0.3, 0.4) is 0 Å². The molecule has 1 atom stereocenters. The molecule has 7 nitrogen and oxygen atoms in total. The largest absolute Gasteiger partial charge is 0.446 e. The van der Waals surface area contributed by atoms with E-state index in [-0.39, 0.29) is 29.9 Å². The zero-order valence-corrected chi connectivity index (χ0v) is 16.0. The Balaban J connectivity index is 1.66. The van der Waals surface area contributed by atoms with Gasteiger partial charge in [0.2, 0.25) is 5.95 Å². The number of halogens is 1. The number of aromatic nitrogens is 2. The Bertz CT molecular complexity index is 1150. The Morgan fingerprint density at radius 2 is 2.17 bits per heavy atom. The van der Waals surface area contributed by atoms with Crippen molar-refractivity contribution < 1.29 is 18.7 Å².